The van der Waals surface area contributed by atoms with Crippen LogP contribution < -0.4 is 0 Å². The molecule has 0 saturated heterocycles. The average molecular weight is 452 g/mol. The lowest BCUT2D eigenvalue weighted by Crippen LogP contribution is -2.10. The number of rotatable bonds is 6. The van der Waals surface area contributed by atoms with Gasteiger partial charge in [-0.25, -0.2) is 3.97 Å². The number of fused-ring (bicyclic) bond motifs is 1. The summed E-state index contributed by atoms with van der Waals surface area (Å²) in [7, 11) is -3.82. The number of aliphatic carboxylic acids is 1. The van der Waals surface area contributed by atoms with Crippen molar-refractivity contribution in [2.24, 2.45) is 0 Å². The fourth-order valence-electron chi connectivity index (χ4n) is 3.05. The molecule has 0 spiro atoms. The zero-order chi connectivity index (χ0) is 19.9. The van der Waals surface area contributed by atoms with E-state index in [0.29, 0.717) is 15.4 Å². The smallest absolute Gasteiger partial charge is 0.303 e. The molecule has 0 aliphatic heterocycles. The number of hydrogen-bond acceptors (Lipinski definition) is 5. The molecule has 0 fully saturated rings. The Kier molecular flexibility index (Phi) is 5.05. The van der Waals surface area contributed by atoms with Crippen molar-refractivity contribution in [2.45, 2.75) is 17.1 Å². The molecule has 3 heterocycles. The van der Waals surface area contributed by atoms with Crippen LogP contribution >= 0.6 is 34.3 Å². The molecule has 9 heteroatoms. The molecular formula is C19H14ClNO4S3. The summed E-state index contributed by atoms with van der Waals surface area (Å²) in [6, 6.07) is 10.6. The van der Waals surface area contributed by atoms with Crippen molar-refractivity contribution in [2.75, 3.05) is 0 Å². The number of thiophene rings is 2. The van der Waals surface area contributed by atoms with E-state index in [1.807, 2.05) is 29.0 Å². The normalized spacial score (nSPS) is 11.9. The van der Waals surface area contributed by atoms with Crippen LogP contribution in [0.4, 0.5) is 0 Å². The number of carboxylic acid groups (broad SMARTS) is 1. The number of aryl methyl sites for hydroxylation is 1. The largest absolute Gasteiger partial charge is 0.481 e. The van der Waals surface area contributed by atoms with Crippen LogP contribution in [0.2, 0.25) is 4.34 Å². The molecule has 4 rings (SSSR count). The quantitative estimate of drug-likeness (QED) is 0.429. The van der Waals surface area contributed by atoms with Gasteiger partial charge in [-0.05, 0) is 64.2 Å². The second-order valence-corrected chi connectivity index (χ2v) is 10.7. The van der Waals surface area contributed by atoms with E-state index in [1.54, 1.807) is 23.5 Å². The Morgan fingerprint density at radius 1 is 1.14 bits per heavy atom. The van der Waals surface area contributed by atoms with Crippen molar-refractivity contribution < 1.29 is 18.3 Å². The molecule has 0 unspecified atom stereocenters. The maximum absolute atomic E-state index is 13.1. The van der Waals surface area contributed by atoms with Crippen LogP contribution in [-0.2, 0) is 21.2 Å². The second kappa shape index (κ2) is 7.36. The molecule has 0 aliphatic rings. The summed E-state index contributed by atoms with van der Waals surface area (Å²) in [5, 5.41) is 13.8. The van der Waals surface area contributed by atoms with E-state index in [1.165, 1.54) is 16.2 Å². The topological polar surface area (TPSA) is 76.4 Å². The first-order valence-electron chi connectivity index (χ1n) is 8.25. The van der Waals surface area contributed by atoms with E-state index in [9.17, 15) is 13.2 Å². The molecule has 0 atom stereocenters. The highest BCUT2D eigenvalue weighted by atomic mass is 35.5. The Balaban J connectivity index is 1.90. The third kappa shape index (κ3) is 3.48. The number of halogens is 1. The highest BCUT2D eigenvalue weighted by Crippen LogP contribution is 2.34. The third-order valence-corrected chi connectivity index (χ3v) is 8.43. The van der Waals surface area contributed by atoms with E-state index in [-0.39, 0.29) is 17.1 Å². The number of aromatic nitrogens is 1. The highest BCUT2D eigenvalue weighted by Gasteiger charge is 2.23. The first-order chi connectivity index (χ1) is 13.4. The lowest BCUT2D eigenvalue weighted by molar-refractivity contribution is -0.136. The number of benzene rings is 1. The first-order valence-corrected chi connectivity index (χ1v) is 11.8. The first kappa shape index (κ1) is 19.2. The Bertz CT molecular complexity index is 1270. The average Bonchev–Trinajstić information content (AvgIpc) is 3.39. The minimum atomic E-state index is -3.82. The molecule has 1 N–H and O–H groups in total. The van der Waals surface area contributed by atoms with E-state index in [0.717, 1.165) is 27.8 Å². The van der Waals surface area contributed by atoms with Crippen LogP contribution in [0.25, 0.3) is 22.0 Å². The van der Waals surface area contributed by atoms with Crippen LogP contribution in [0.15, 0.2) is 57.6 Å². The lowest BCUT2D eigenvalue weighted by atomic mass is 10.0. The predicted octanol–water partition coefficient (Wildman–Crippen LogP) is 5.34. The molecule has 3 aromatic heterocycles. The summed E-state index contributed by atoms with van der Waals surface area (Å²) in [5.41, 5.74) is 3.20. The molecule has 0 aliphatic carbocycles. The lowest BCUT2D eigenvalue weighted by Gasteiger charge is -2.06. The predicted molar refractivity (Wildman–Crippen MR) is 113 cm³/mol. The molecule has 0 saturated carbocycles. The zero-order valence-corrected chi connectivity index (χ0v) is 17.5. The van der Waals surface area contributed by atoms with Gasteiger partial charge in [0.1, 0.15) is 4.21 Å². The summed E-state index contributed by atoms with van der Waals surface area (Å²) >= 11 is 8.49. The Labute approximate surface area is 174 Å². The number of carboxylic acids is 1. The fraction of sp³-hybridized carbons (Fsp3) is 0.105. The zero-order valence-electron chi connectivity index (χ0n) is 14.3. The van der Waals surface area contributed by atoms with E-state index < -0.39 is 16.0 Å². The number of hydrogen-bond donors (Lipinski definition) is 1. The van der Waals surface area contributed by atoms with Gasteiger partial charge in [-0.15, -0.1) is 11.3 Å². The number of carbonyl (C=O) groups is 1. The van der Waals surface area contributed by atoms with E-state index in [4.69, 9.17) is 16.7 Å². The monoisotopic (exact) mass is 451 g/mol. The Morgan fingerprint density at radius 2 is 1.96 bits per heavy atom. The summed E-state index contributed by atoms with van der Waals surface area (Å²) in [4.78, 5) is 11.1. The van der Waals surface area contributed by atoms with Crippen molar-refractivity contribution in [3.05, 3.63) is 63.3 Å². The molecule has 1 aromatic carbocycles. The van der Waals surface area contributed by atoms with Crippen molar-refractivity contribution in [3.63, 3.8) is 0 Å². The van der Waals surface area contributed by atoms with Gasteiger partial charge < -0.3 is 5.11 Å². The maximum Gasteiger partial charge on any atom is 0.303 e. The molecule has 0 amide bonds. The van der Waals surface area contributed by atoms with Gasteiger partial charge in [-0.3, -0.25) is 4.79 Å². The molecule has 5 nitrogen and oxygen atoms in total. The molecule has 0 radical (unpaired) electrons. The van der Waals surface area contributed by atoms with E-state index >= 15 is 0 Å². The third-order valence-electron chi connectivity index (χ3n) is 4.38. The summed E-state index contributed by atoms with van der Waals surface area (Å²) in [5.74, 6) is -0.928. The van der Waals surface area contributed by atoms with Crippen LogP contribution in [0.5, 0.6) is 0 Å². The molecule has 28 heavy (non-hydrogen) atoms. The Hall–Kier alpha value is -2.13. The van der Waals surface area contributed by atoms with E-state index in [2.05, 4.69) is 0 Å². The van der Waals surface area contributed by atoms with Gasteiger partial charge in [0.2, 0.25) is 0 Å². The summed E-state index contributed by atoms with van der Waals surface area (Å²) in [6.45, 7) is 0. The van der Waals surface area contributed by atoms with Crippen molar-refractivity contribution in [1.82, 2.24) is 3.97 Å². The van der Waals surface area contributed by atoms with Gasteiger partial charge in [0, 0.05) is 18.0 Å². The maximum atomic E-state index is 13.1. The summed E-state index contributed by atoms with van der Waals surface area (Å²) < 4.78 is 28.0. The van der Waals surface area contributed by atoms with Crippen LogP contribution in [0.1, 0.15) is 12.0 Å². The van der Waals surface area contributed by atoms with Gasteiger partial charge >= 0.3 is 5.97 Å². The fourth-order valence-corrected chi connectivity index (χ4v) is 6.68. The number of nitrogens with zero attached hydrogens (tertiary/aromatic N) is 1. The highest BCUT2D eigenvalue weighted by molar-refractivity contribution is 7.92. The minimum Gasteiger partial charge on any atom is -0.481 e. The van der Waals surface area contributed by atoms with Crippen LogP contribution in [0.3, 0.4) is 0 Å². The van der Waals surface area contributed by atoms with Gasteiger partial charge in [0.05, 0.1) is 9.85 Å². The van der Waals surface area contributed by atoms with Gasteiger partial charge in [0.15, 0.2) is 0 Å². The Morgan fingerprint density at radius 3 is 2.61 bits per heavy atom. The van der Waals surface area contributed by atoms with Gasteiger partial charge in [-0.1, -0.05) is 17.7 Å². The molecule has 4 aromatic rings. The second-order valence-electron chi connectivity index (χ2n) is 6.15. The molecule has 0 bridgehead atoms. The van der Waals surface area contributed by atoms with Crippen molar-refractivity contribution >= 4 is 61.2 Å². The standard InChI is InChI=1S/C19H14ClNO4S3/c20-17-4-6-19(27-17)28(24,25)21-10-13(2-5-18(22)23)15-9-12(1-3-16(15)21)14-7-8-26-11-14/h1,3-4,6-11H,2,5H2,(H,22,23). The van der Waals surface area contributed by atoms with Crippen molar-refractivity contribution in [3.8, 4) is 11.1 Å². The van der Waals surface area contributed by atoms with Crippen LogP contribution in [0, 0.1) is 0 Å². The van der Waals surface area contributed by atoms with Gasteiger partial charge in [0.25, 0.3) is 10.0 Å². The SMILES string of the molecule is O=C(O)CCc1cn(S(=O)(=O)c2ccc(Cl)s2)c2ccc(-c3ccsc3)cc12. The minimum absolute atomic E-state index is 0.0767. The molecule has 144 valence electrons. The molecular weight excluding hydrogens is 438 g/mol. The summed E-state index contributed by atoms with van der Waals surface area (Å²) in [6.07, 6.45) is 1.69. The van der Waals surface area contributed by atoms with Crippen LogP contribution in [-0.4, -0.2) is 23.5 Å². The van der Waals surface area contributed by atoms with Gasteiger partial charge in [-0.2, -0.15) is 19.8 Å². The van der Waals surface area contributed by atoms with Crippen molar-refractivity contribution in [1.29, 1.82) is 0 Å².